The summed E-state index contributed by atoms with van der Waals surface area (Å²) in [7, 11) is 1.51. The molecule has 20 heavy (non-hydrogen) atoms. The Hall–Kier alpha value is -2.37. The summed E-state index contributed by atoms with van der Waals surface area (Å²) in [6.07, 6.45) is -4.80. The molecule has 1 N–H and O–H groups in total. The molecule has 0 spiro atoms. The Balaban J connectivity index is 2.35. The molecule has 6 heteroatoms. The van der Waals surface area contributed by atoms with Crippen molar-refractivity contribution in [2.75, 3.05) is 7.11 Å². The number of alkyl halides is 3. The quantitative estimate of drug-likeness (QED) is 0.927. The van der Waals surface area contributed by atoms with Crippen molar-refractivity contribution in [2.24, 2.45) is 0 Å². The molecule has 0 unspecified atom stereocenters. The summed E-state index contributed by atoms with van der Waals surface area (Å²) in [4.78, 5) is 0. The van der Waals surface area contributed by atoms with Crippen LogP contribution in [0.5, 0.6) is 17.2 Å². The topological polar surface area (TPSA) is 38.7 Å². The Labute approximate surface area is 113 Å². The molecule has 0 saturated carbocycles. The molecule has 106 valence electrons. The van der Waals surface area contributed by atoms with E-state index >= 15 is 0 Å². The lowest BCUT2D eigenvalue weighted by molar-refractivity contribution is -0.274. The van der Waals surface area contributed by atoms with E-state index in [0.717, 1.165) is 6.07 Å². The first kappa shape index (κ1) is 14.0. The predicted molar refractivity (Wildman–Crippen MR) is 66.8 cm³/mol. The highest BCUT2D eigenvalue weighted by Gasteiger charge is 2.31. The van der Waals surface area contributed by atoms with Gasteiger partial charge in [0.05, 0.1) is 7.11 Å². The highest BCUT2D eigenvalue weighted by molar-refractivity contribution is 5.67. The Bertz CT molecular complexity index is 592. The van der Waals surface area contributed by atoms with Gasteiger partial charge in [-0.1, -0.05) is 12.1 Å². The molecule has 0 saturated heterocycles. The van der Waals surface area contributed by atoms with Crippen LogP contribution in [0.4, 0.5) is 13.2 Å². The fraction of sp³-hybridized carbons (Fsp3) is 0.143. The van der Waals surface area contributed by atoms with Crippen LogP contribution in [0.1, 0.15) is 0 Å². The van der Waals surface area contributed by atoms with E-state index in [1.165, 1.54) is 19.2 Å². The van der Waals surface area contributed by atoms with Gasteiger partial charge in [-0.2, -0.15) is 0 Å². The average molecular weight is 284 g/mol. The largest absolute Gasteiger partial charge is 0.573 e. The van der Waals surface area contributed by atoms with Crippen molar-refractivity contribution < 1.29 is 27.8 Å². The summed E-state index contributed by atoms with van der Waals surface area (Å²) < 4.78 is 45.4. The van der Waals surface area contributed by atoms with Crippen LogP contribution in [0.2, 0.25) is 0 Å². The molecule has 0 fully saturated rings. The molecular weight excluding hydrogens is 273 g/mol. The molecule has 0 aliphatic heterocycles. The Kier molecular flexibility index (Phi) is 3.74. The summed E-state index contributed by atoms with van der Waals surface area (Å²) in [5, 5.41) is 9.48. The second kappa shape index (κ2) is 5.32. The van der Waals surface area contributed by atoms with Crippen LogP contribution in [0.3, 0.4) is 0 Å². The predicted octanol–water partition coefficient (Wildman–Crippen LogP) is 3.97. The number of methoxy groups -OCH3 is 1. The lowest BCUT2D eigenvalue weighted by atomic mass is 10.0. The van der Waals surface area contributed by atoms with Gasteiger partial charge in [-0.25, -0.2) is 0 Å². The zero-order valence-corrected chi connectivity index (χ0v) is 10.4. The van der Waals surface area contributed by atoms with Crippen molar-refractivity contribution in [1.29, 1.82) is 0 Å². The lowest BCUT2D eigenvalue weighted by Gasteiger charge is -2.11. The first-order valence-corrected chi connectivity index (χ1v) is 5.61. The number of benzene rings is 2. The maximum absolute atomic E-state index is 12.2. The van der Waals surface area contributed by atoms with E-state index in [0.29, 0.717) is 16.9 Å². The highest BCUT2D eigenvalue weighted by Crippen LogP contribution is 2.32. The number of halogens is 3. The summed E-state index contributed by atoms with van der Waals surface area (Å²) in [6, 6.07) is 10.1. The Morgan fingerprint density at radius 3 is 2.10 bits per heavy atom. The van der Waals surface area contributed by atoms with Gasteiger partial charge in [-0.05, 0) is 35.4 Å². The zero-order valence-electron chi connectivity index (χ0n) is 10.4. The van der Waals surface area contributed by atoms with Gasteiger partial charge in [-0.15, -0.1) is 13.2 Å². The number of rotatable bonds is 3. The molecule has 0 atom stereocenters. The minimum Gasteiger partial charge on any atom is -0.508 e. The number of phenolic OH excluding ortho intramolecular Hbond substituents is 1. The van der Waals surface area contributed by atoms with Gasteiger partial charge >= 0.3 is 6.36 Å². The van der Waals surface area contributed by atoms with E-state index in [4.69, 9.17) is 4.74 Å². The van der Waals surface area contributed by atoms with Crippen LogP contribution in [0.15, 0.2) is 42.5 Å². The average Bonchev–Trinajstić information content (AvgIpc) is 2.36. The normalized spacial score (nSPS) is 11.2. The number of hydrogen-bond donors (Lipinski definition) is 1. The van der Waals surface area contributed by atoms with E-state index in [1.54, 1.807) is 24.3 Å². The number of phenols is 1. The van der Waals surface area contributed by atoms with Crippen molar-refractivity contribution in [3.8, 4) is 28.4 Å². The maximum Gasteiger partial charge on any atom is 0.573 e. The molecule has 2 aromatic carbocycles. The number of ether oxygens (including phenoxy) is 2. The second-order valence-electron chi connectivity index (χ2n) is 3.99. The monoisotopic (exact) mass is 284 g/mol. The van der Waals surface area contributed by atoms with Crippen molar-refractivity contribution in [1.82, 2.24) is 0 Å². The van der Waals surface area contributed by atoms with Gasteiger partial charge in [0.25, 0.3) is 0 Å². The smallest absolute Gasteiger partial charge is 0.508 e. The molecule has 0 radical (unpaired) electrons. The third kappa shape index (κ3) is 3.57. The van der Waals surface area contributed by atoms with Crippen LogP contribution in [0, 0.1) is 0 Å². The minimum atomic E-state index is -4.80. The Morgan fingerprint density at radius 1 is 0.900 bits per heavy atom. The van der Waals surface area contributed by atoms with Gasteiger partial charge < -0.3 is 14.6 Å². The standard InChI is InChI=1S/C14H11F3O3/c1-19-12-4-2-9(3-5-12)10-6-11(18)8-13(7-10)20-14(15,16)17/h2-8,18H,1H3. The van der Waals surface area contributed by atoms with Gasteiger partial charge in [0, 0.05) is 6.07 Å². The fourth-order valence-electron chi connectivity index (χ4n) is 1.73. The van der Waals surface area contributed by atoms with E-state index in [-0.39, 0.29) is 5.75 Å². The van der Waals surface area contributed by atoms with Crippen LogP contribution in [-0.2, 0) is 0 Å². The lowest BCUT2D eigenvalue weighted by Crippen LogP contribution is -2.17. The van der Waals surface area contributed by atoms with Crippen molar-refractivity contribution in [3.63, 3.8) is 0 Å². The molecule has 0 heterocycles. The van der Waals surface area contributed by atoms with Crippen molar-refractivity contribution in [3.05, 3.63) is 42.5 Å². The van der Waals surface area contributed by atoms with E-state index in [1.807, 2.05) is 0 Å². The SMILES string of the molecule is COc1ccc(-c2cc(O)cc(OC(F)(F)F)c2)cc1. The molecule has 0 bridgehead atoms. The highest BCUT2D eigenvalue weighted by atomic mass is 19.4. The molecule has 2 rings (SSSR count). The Morgan fingerprint density at radius 2 is 1.55 bits per heavy atom. The van der Waals surface area contributed by atoms with Crippen LogP contribution >= 0.6 is 0 Å². The van der Waals surface area contributed by atoms with Crippen LogP contribution < -0.4 is 9.47 Å². The van der Waals surface area contributed by atoms with E-state index in [2.05, 4.69) is 4.74 Å². The molecule has 0 aliphatic carbocycles. The summed E-state index contributed by atoms with van der Waals surface area (Å²) in [5.74, 6) is -0.151. The molecule has 0 aromatic heterocycles. The van der Waals surface area contributed by atoms with Crippen molar-refractivity contribution >= 4 is 0 Å². The third-order valence-corrected chi connectivity index (χ3v) is 2.55. The first-order chi connectivity index (χ1) is 9.37. The van der Waals surface area contributed by atoms with Gasteiger partial charge in [-0.3, -0.25) is 0 Å². The minimum absolute atomic E-state index is 0.308. The van der Waals surface area contributed by atoms with E-state index in [9.17, 15) is 18.3 Å². The van der Waals surface area contributed by atoms with Gasteiger partial charge in [0.2, 0.25) is 0 Å². The van der Waals surface area contributed by atoms with Gasteiger partial charge in [0.15, 0.2) is 0 Å². The number of aromatic hydroxyl groups is 1. The fourth-order valence-corrected chi connectivity index (χ4v) is 1.73. The summed E-state index contributed by atoms with van der Waals surface area (Å²) in [5.41, 5.74) is 1.04. The van der Waals surface area contributed by atoms with Crippen LogP contribution in [0.25, 0.3) is 11.1 Å². The maximum atomic E-state index is 12.2. The molecule has 3 nitrogen and oxygen atoms in total. The van der Waals surface area contributed by atoms with Crippen LogP contribution in [-0.4, -0.2) is 18.6 Å². The summed E-state index contributed by atoms with van der Waals surface area (Å²) >= 11 is 0. The van der Waals surface area contributed by atoms with E-state index < -0.39 is 12.1 Å². The second-order valence-corrected chi connectivity index (χ2v) is 3.99. The first-order valence-electron chi connectivity index (χ1n) is 5.61. The van der Waals surface area contributed by atoms with Gasteiger partial charge in [0.1, 0.15) is 17.2 Å². The molecule has 0 amide bonds. The van der Waals surface area contributed by atoms with Crippen molar-refractivity contribution in [2.45, 2.75) is 6.36 Å². The molecule has 0 aliphatic rings. The molecular formula is C14H11F3O3. The summed E-state index contributed by atoms with van der Waals surface area (Å²) in [6.45, 7) is 0. The zero-order chi connectivity index (χ0) is 14.8. The third-order valence-electron chi connectivity index (χ3n) is 2.55. The number of hydrogen-bond acceptors (Lipinski definition) is 3. The molecule has 2 aromatic rings.